The summed E-state index contributed by atoms with van der Waals surface area (Å²) in [6.07, 6.45) is 9.88. The number of pyridine rings is 1. The van der Waals surface area contributed by atoms with Crippen LogP contribution in [0.15, 0.2) is 23.4 Å². The summed E-state index contributed by atoms with van der Waals surface area (Å²) >= 11 is 7.61. The zero-order chi connectivity index (χ0) is 12.6. The van der Waals surface area contributed by atoms with E-state index in [1.54, 1.807) is 18.0 Å². The van der Waals surface area contributed by atoms with Crippen LogP contribution in [0.5, 0.6) is 0 Å². The Morgan fingerprint density at radius 2 is 2.11 bits per heavy atom. The van der Waals surface area contributed by atoms with Gasteiger partial charge < -0.3 is 5.32 Å². The average molecular weight is 285 g/mol. The van der Waals surface area contributed by atoms with E-state index in [9.17, 15) is 0 Å². The minimum Gasteiger partial charge on any atom is -0.314 e. The second-order valence-electron chi connectivity index (χ2n) is 4.81. The van der Waals surface area contributed by atoms with Crippen LogP contribution in [-0.4, -0.2) is 23.3 Å². The molecule has 0 bridgehead atoms. The number of aromatic nitrogens is 1. The molecule has 1 saturated carbocycles. The van der Waals surface area contributed by atoms with Crippen molar-refractivity contribution in [1.29, 1.82) is 0 Å². The summed E-state index contributed by atoms with van der Waals surface area (Å²) in [7, 11) is 0. The van der Waals surface area contributed by atoms with E-state index >= 15 is 0 Å². The molecular formula is C14H21ClN2S. The Bertz CT molecular complexity index is 336. The first kappa shape index (κ1) is 14.2. The van der Waals surface area contributed by atoms with E-state index in [4.69, 9.17) is 11.6 Å². The van der Waals surface area contributed by atoms with Gasteiger partial charge in [-0.1, -0.05) is 30.9 Å². The van der Waals surface area contributed by atoms with Crippen molar-refractivity contribution in [2.45, 2.75) is 49.6 Å². The Hall–Kier alpha value is -0.250. The molecule has 4 heteroatoms. The summed E-state index contributed by atoms with van der Waals surface area (Å²) in [5.74, 6) is 1.12. The predicted molar refractivity (Wildman–Crippen MR) is 79.5 cm³/mol. The zero-order valence-corrected chi connectivity index (χ0v) is 12.3. The Morgan fingerprint density at radius 1 is 1.28 bits per heavy atom. The molecule has 1 aliphatic rings. The Kier molecular flexibility index (Phi) is 6.32. The fraction of sp³-hybridized carbons (Fsp3) is 0.643. The quantitative estimate of drug-likeness (QED) is 0.628. The lowest BCUT2D eigenvalue weighted by atomic mass is 9.95. The summed E-state index contributed by atoms with van der Waals surface area (Å²) in [5.41, 5.74) is 0. The second kappa shape index (κ2) is 8.03. The number of nitrogens with zero attached hydrogens (tertiary/aromatic N) is 1. The molecule has 0 atom stereocenters. The van der Waals surface area contributed by atoms with Gasteiger partial charge in [-0.2, -0.15) is 0 Å². The first-order chi connectivity index (χ1) is 8.84. The molecule has 0 radical (unpaired) electrons. The highest BCUT2D eigenvalue weighted by molar-refractivity contribution is 7.99. The lowest BCUT2D eigenvalue weighted by Crippen LogP contribution is -2.31. The molecule has 2 rings (SSSR count). The molecule has 1 heterocycles. The molecule has 0 aromatic carbocycles. The molecule has 1 fully saturated rings. The van der Waals surface area contributed by atoms with E-state index in [0.717, 1.165) is 23.4 Å². The highest BCUT2D eigenvalue weighted by Gasteiger charge is 2.11. The van der Waals surface area contributed by atoms with Gasteiger partial charge in [-0.25, -0.2) is 4.98 Å². The fourth-order valence-corrected chi connectivity index (χ4v) is 3.21. The zero-order valence-electron chi connectivity index (χ0n) is 10.7. The average Bonchev–Trinajstić information content (AvgIpc) is 2.42. The van der Waals surface area contributed by atoms with Gasteiger partial charge in [-0.05, 0) is 37.9 Å². The topological polar surface area (TPSA) is 24.9 Å². The van der Waals surface area contributed by atoms with E-state index < -0.39 is 0 Å². The summed E-state index contributed by atoms with van der Waals surface area (Å²) < 4.78 is 0. The minimum absolute atomic E-state index is 0.707. The van der Waals surface area contributed by atoms with Crippen molar-refractivity contribution < 1.29 is 0 Å². The van der Waals surface area contributed by atoms with Gasteiger partial charge >= 0.3 is 0 Å². The van der Waals surface area contributed by atoms with Gasteiger partial charge in [0.25, 0.3) is 0 Å². The van der Waals surface area contributed by atoms with E-state index in [0.29, 0.717) is 5.02 Å². The van der Waals surface area contributed by atoms with Crippen LogP contribution < -0.4 is 5.32 Å². The molecule has 2 nitrogen and oxygen atoms in total. The number of nitrogens with one attached hydrogen (secondary N) is 1. The van der Waals surface area contributed by atoms with E-state index in [1.165, 1.54) is 38.5 Å². The van der Waals surface area contributed by atoms with Crippen molar-refractivity contribution in [2.24, 2.45) is 0 Å². The maximum absolute atomic E-state index is 5.80. The van der Waals surface area contributed by atoms with Gasteiger partial charge in [0.1, 0.15) is 0 Å². The summed E-state index contributed by atoms with van der Waals surface area (Å²) in [4.78, 5) is 4.28. The van der Waals surface area contributed by atoms with E-state index in [-0.39, 0.29) is 0 Å². The standard InChI is InChI=1S/C14H21ClN2S/c15-12-7-8-14(17-11-12)18-10-4-9-16-13-5-2-1-3-6-13/h7-8,11,13,16H,1-6,9-10H2. The lowest BCUT2D eigenvalue weighted by Gasteiger charge is -2.22. The third-order valence-corrected chi connectivity index (χ3v) is 4.56. The first-order valence-corrected chi connectivity index (χ1v) is 8.19. The molecule has 18 heavy (non-hydrogen) atoms. The normalized spacial score (nSPS) is 16.9. The maximum atomic E-state index is 5.80. The number of hydrogen-bond acceptors (Lipinski definition) is 3. The van der Waals surface area contributed by atoms with Gasteiger partial charge in [-0.15, -0.1) is 11.8 Å². The number of halogens is 1. The molecule has 1 N–H and O–H groups in total. The van der Waals surface area contributed by atoms with Gasteiger partial charge in [0.2, 0.25) is 0 Å². The third kappa shape index (κ3) is 5.17. The van der Waals surface area contributed by atoms with Crippen molar-refractivity contribution in [3.05, 3.63) is 23.4 Å². The number of rotatable bonds is 6. The summed E-state index contributed by atoms with van der Waals surface area (Å²) in [6, 6.07) is 4.66. The molecule has 0 amide bonds. The van der Waals surface area contributed by atoms with Crippen LogP contribution in [0.2, 0.25) is 5.02 Å². The second-order valence-corrected chi connectivity index (χ2v) is 6.36. The number of thioether (sulfide) groups is 1. The molecule has 0 saturated heterocycles. The van der Waals surface area contributed by atoms with Gasteiger partial charge in [0.15, 0.2) is 0 Å². The fourth-order valence-electron chi connectivity index (χ4n) is 2.31. The van der Waals surface area contributed by atoms with E-state index in [1.807, 2.05) is 12.1 Å². The van der Waals surface area contributed by atoms with Crippen molar-refractivity contribution in [1.82, 2.24) is 10.3 Å². The highest BCUT2D eigenvalue weighted by atomic mass is 35.5. The Morgan fingerprint density at radius 3 is 2.83 bits per heavy atom. The van der Waals surface area contributed by atoms with Crippen molar-refractivity contribution >= 4 is 23.4 Å². The predicted octanol–water partition coefficient (Wildman–Crippen LogP) is 4.14. The van der Waals surface area contributed by atoms with Crippen LogP contribution in [-0.2, 0) is 0 Å². The van der Waals surface area contributed by atoms with Crippen LogP contribution in [0.1, 0.15) is 38.5 Å². The van der Waals surface area contributed by atoms with Gasteiger partial charge in [0.05, 0.1) is 10.0 Å². The molecule has 1 aliphatic carbocycles. The van der Waals surface area contributed by atoms with Crippen LogP contribution in [0.3, 0.4) is 0 Å². The molecule has 0 unspecified atom stereocenters. The SMILES string of the molecule is Clc1ccc(SCCCNC2CCCCC2)nc1. The van der Waals surface area contributed by atoms with Crippen LogP contribution in [0.4, 0.5) is 0 Å². The first-order valence-electron chi connectivity index (χ1n) is 6.82. The summed E-state index contributed by atoms with van der Waals surface area (Å²) in [5, 5.41) is 5.44. The third-order valence-electron chi connectivity index (χ3n) is 3.31. The van der Waals surface area contributed by atoms with Crippen LogP contribution in [0, 0.1) is 0 Å². The molecule has 1 aromatic heterocycles. The molecular weight excluding hydrogens is 264 g/mol. The van der Waals surface area contributed by atoms with Crippen LogP contribution >= 0.6 is 23.4 Å². The Balaban J connectivity index is 1.54. The van der Waals surface area contributed by atoms with E-state index in [2.05, 4.69) is 10.3 Å². The number of hydrogen-bond donors (Lipinski definition) is 1. The molecule has 0 spiro atoms. The van der Waals surface area contributed by atoms with Crippen molar-refractivity contribution in [3.8, 4) is 0 Å². The summed E-state index contributed by atoms with van der Waals surface area (Å²) in [6.45, 7) is 1.13. The molecule has 0 aliphatic heterocycles. The smallest absolute Gasteiger partial charge is 0.0960 e. The van der Waals surface area contributed by atoms with Crippen LogP contribution in [0.25, 0.3) is 0 Å². The molecule has 1 aromatic rings. The lowest BCUT2D eigenvalue weighted by molar-refractivity contribution is 0.375. The Labute approximate surface area is 119 Å². The largest absolute Gasteiger partial charge is 0.314 e. The molecule has 100 valence electrons. The van der Waals surface area contributed by atoms with Gasteiger partial charge in [-0.3, -0.25) is 0 Å². The maximum Gasteiger partial charge on any atom is 0.0960 e. The minimum atomic E-state index is 0.707. The van der Waals surface area contributed by atoms with Crippen molar-refractivity contribution in [3.63, 3.8) is 0 Å². The monoisotopic (exact) mass is 284 g/mol. The highest BCUT2D eigenvalue weighted by Crippen LogP contribution is 2.19. The van der Waals surface area contributed by atoms with Crippen molar-refractivity contribution in [2.75, 3.05) is 12.3 Å². The van der Waals surface area contributed by atoms with Gasteiger partial charge in [0, 0.05) is 18.0 Å².